The van der Waals surface area contributed by atoms with E-state index in [0.29, 0.717) is 13.0 Å². The van der Waals surface area contributed by atoms with E-state index in [1.807, 2.05) is 27.7 Å². The molecule has 0 aliphatic carbocycles. The van der Waals surface area contributed by atoms with Gasteiger partial charge in [-0.1, -0.05) is 13.3 Å². The number of hydrogen-bond acceptors (Lipinski definition) is 3. The summed E-state index contributed by atoms with van der Waals surface area (Å²) in [6.07, 6.45) is 1.55. The zero-order valence-electron chi connectivity index (χ0n) is 10.2. The van der Waals surface area contributed by atoms with Crippen molar-refractivity contribution in [1.82, 2.24) is 5.32 Å². The number of carbonyl (C=O) groups excluding carboxylic acids is 1. The molecule has 0 fully saturated rings. The van der Waals surface area contributed by atoms with E-state index in [1.54, 1.807) is 0 Å². The maximum absolute atomic E-state index is 11.2. The van der Waals surface area contributed by atoms with Crippen molar-refractivity contribution in [2.24, 2.45) is 0 Å². The number of aliphatic hydroxyl groups excluding tert-OH is 1. The molecule has 0 aromatic rings. The lowest BCUT2D eigenvalue weighted by atomic mass is 10.1. The lowest BCUT2D eigenvalue weighted by molar-refractivity contribution is 0.0517. The molecule has 0 saturated heterocycles. The normalized spacial score (nSPS) is 13.4. The van der Waals surface area contributed by atoms with E-state index < -0.39 is 11.7 Å². The van der Waals surface area contributed by atoms with E-state index >= 15 is 0 Å². The van der Waals surface area contributed by atoms with Crippen LogP contribution in [-0.2, 0) is 4.74 Å². The highest BCUT2D eigenvalue weighted by Gasteiger charge is 2.15. The van der Waals surface area contributed by atoms with Gasteiger partial charge in [0.1, 0.15) is 5.60 Å². The van der Waals surface area contributed by atoms with Crippen molar-refractivity contribution >= 4 is 6.09 Å². The van der Waals surface area contributed by atoms with Crippen molar-refractivity contribution in [3.63, 3.8) is 0 Å². The first kappa shape index (κ1) is 14.2. The fourth-order valence-corrected chi connectivity index (χ4v) is 1.13. The highest BCUT2D eigenvalue weighted by Crippen LogP contribution is 2.06. The molecule has 0 rings (SSSR count). The molecule has 1 unspecified atom stereocenters. The summed E-state index contributed by atoms with van der Waals surface area (Å²) >= 11 is 0. The van der Waals surface area contributed by atoms with Crippen LogP contribution in [0.1, 0.15) is 47.0 Å². The predicted octanol–water partition coefficient (Wildman–Crippen LogP) is 2.06. The Balaban J connectivity index is 3.55. The molecule has 1 atom stereocenters. The Morgan fingerprint density at radius 2 is 2.00 bits per heavy atom. The summed E-state index contributed by atoms with van der Waals surface area (Å²) in [6, 6.07) is 0. The molecule has 0 aromatic carbocycles. The second-order valence-corrected chi connectivity index (χ2v) is 4.66. The number of aliphatic hydroxyl groups is 1. The molecular formula is C11H23NO3. The molecule has 0 radical (unpaired) electrons. The molecule has 0 spiro atoms. The third-order valence-corrected chi connectivity index (χ3v) is 1.77. The molecule has 0 aromatic heterocycles. The van der Waals surface area contributed by atoms with Gasteiger partial charge in [0.05, 0.1) is 6.10 Å². The summed E-state index contributed by atoms with van der Waals surface area (Å²) in [7, 11) is 0. The van der Waals surface area contributed by atoms with Gasteiger partial charge in [0.15, 0.2) is 0 Å². The lowest BCUT2D eigenvalue weighted by Gasteiger charge is -2.20. The first-order valence-electron chi connectivity index (χ1n) is 5.50. The monoisotopic (exact) mass is 217 g/mol. The molecule has 0 bridgehead atoms. The molecule has 0 heterocycles. The second-order valence-electron chi connectivity index (χ2n) is 4.66. The first-order valence-corrected chi connectivity index (χ1v) is 5.50. The average molecular weight is 217 g/mol. The molecule has 4 heteroatoms. The van der Waals surface area contributed by atoms with Gasteiger partial charge in [-0.2, -0.15) is 0 Å². The predicted molar refractivity (Wildman–Crippen MR) is 59.8 cm³/mol. The van der Waals surface area contributed by atoms with Gasteiger partial charge in [0.25, 0.3) is 0 Å². The molecule has 0 saturated carbocycles. The zero-order chi connectivity index (χ0) is 11.9. The SMILES string of the molecule is CCCC(O)CCNC(=O)OC(C)(C)C. The van der Waals surface area contributed by atoms with Gasteiger partial charge in [-0.05, 0) is 33.6 Å². The first-order chi connectivity index (χ1) is 6.85. The molecule has 1 amide bonds. The van der Waals surface area contributed by atoms with Gasteiger partial charge >= 0.3 is 6.09 Å². The number of amides is 1. The Morgan fingerprint density at radius 3 is 2.47 bits per heavy atom. The van der Waals surface area contributed by atoms with Crippen LogP contribution >= 0.6 is 0 Å². The number of rotatable bonds is 5. The summed E-state index contributed by atoms with van der Waals surface area (Å²) in [5.74, 6) is 0. The summed E-state index contributed by atoms with van der Waals surface area (Å²) in [5.41, 5.74) is -0.466. The summed E-state index contributed by atoms with van der Waals surface area (Å²) in [6.45, 7) is 7.93. The molecule has 0 aliphatic heterocycles. The molecular weight excluding hydrogens is 194 g/mol. The number of hydrogen-bond donors (Lipinski definition) is 2. The van der Waals surface area contributed by atoms with E-state index in [2.05, 4.69) is 5.32 Å². The van der Waals surface area contributed by atoms with Crippen molar-refractivity contribution in [2.75, 3.05) is 6.54 Å². The van der Waals surface area contributed by atoms with E-state index in [1.165, 1.54) is 0 Å². The van der Waals surface area contributed by atoms with Gasteiger partial charge in [-0.3, -0.25) is 0 Å². The van der Waals surface area contributed by atoms with Gasteiger partial charge in [-0.25, -0.2) is 4.79 Å². The van der Waals surface area contributed by atoms with Crippen LogP contribution in [0.2, 0.25) is 0 Å². The maximum atomic E-state index is 11.2. The minimum Gasteiger partial charge on any atom is -0.444 e. The molecule has 90 valence electrons. The maximum Gasteiger partial charge on any atom is 0.407 e. The number of alkyl carbamates (subject to hydrolysis) is 1. The van der Waals surface area contributed by atoms with Crippen LogP contribution in [0.5, 0.6) is 0 Å². The van der Waals surface area contributed by atoms with E-state index in [4.69, 9.17) is 4.74 Å². The molecule has 0 aliphatic rings. The van der Waals surface area contributed by atoms with Crippen LogP contribution in [0.25, 0.3) is 0 Å². The van der Waals surface area contributed by atoms with E-state index in [9.17, 15) is 9.90 Å². The van der Waals surface area contributed by atoms with Gasteiger partial charge in [-0.15, -0.1) is 0 Å². The second kappa shape index (κ2) is 6.67. The van der Waals surface area contributed by atoms with Crippen LogP contribution < -0.4 is 5.32 Å². The van der Waals surface area contributed by atoms with Gasteiger partial charge in [0, 0.05) is 6.54 Å². The summed E-state index contributed by atoms with van der Waals surface area (Å²) < 4.78 is 5.05. The van der Waals surface area contributed by atoms with Crippen molar-refractivity contribution in [3.8, 4) is 0 Å². The molecule has 4 nitrogen and oxygen atoms in total. The molecule has 2 N–H and O–H groups in total. The van der Waals surface area contributed by atoms with Crippen LogP contribution in [0.15, 0.2) is 0 Å². The Kier molecular flexibility index (Phi) is 6.32. The van der Waals surface area contributed by atoms with Crippen LogP contribution in [-0.4, -0.2) is 29.4 Å². The minimum absolute atomic E-state index is 0.329. The van der Waals surface area contributed by atoms with Crippen molar-refractivity contribution < 1.29 is 14.6 Å². The number of nitrogens with one attached hydrogen (secondary N) is 1. The smallest absolute Gasteiger partial charge is 0.407 e. The van der Waals surface area contributed by atoms with Crippen molar-refractivity contribution in [1.29, 1.82) is 0 Å². The Hall–Kier alpha value is -0.770. The van der Waals surface area contributed by atoms with Crippen LogP contribution in [0.4, 0.5) is 4.79 Å². The quantitative estimate of drug-likeness (QED) is 0.741. The fraction of sp³-hybridized carbons (Fsp3) is 0.909. The topological polar surface area (TPSA) is 58.6 Å². The average Bonchev–Trinajstić information content (AvgIpc) is 2.00. The van der Waals surface area contributed by atoms with E-state index in [0.717, 1.165) is 12.8 Å². The third-order valence-electron chi connectivity index (χ3n) is 1.77. The van der Waals surface area contributed by atoms with E-state index in [-0.39, 0.29) is 6.10 Å². The van der Waals surface area contributed by atoms with Crippen LogP contribution in [0.3, 0.4) is 0 Å². The van der Waals surface area contributed by atoms with Gasteiger partial charge in [0.2, 0.25) is 0 Å². The Bertz CT molecular complexity index is 187. The lowest BCUT2D eigenvalue weighted by Crippen LogP contribution is -2.34. The van der Waals surface area contributed by atoms with Crippen molar-refractivity contribution in [3.05, 3.63) is 0 Å². The van der Waals surface area contributed by atoms with Crippen LogP contribution in [0, 0.1) is 0 Å². The van der Waals surface area contributed by atoms with Crippen molar-refractivity contribution in [2.45, 2.75) is 58.7 Å². The van der Waals surface area contributed by atoms with Gasteiger partial charge < -0.3 is 15.2 Å². The largest absolute Gasteiger partial charge is 0.444 e. The minimum atomic E-state index is -0.466. The summed E-state index contributed by atoms with van der Waals surface area (Å²) in [4.78, 5) is 11.2. The summed E-state index contributed by atoms with van der Waals surface area (Å²) in [5, 5.41) is 12.0. The standard InChI is InChI=1S/C11H23NO3/c1-5-6-9(13)7-8-12-10(14)15-11(2,3)4/h9,13H,5-8H2,1-4H3,(H,12,14). The molecule has 15 heavy (non-hydrogen) atoms. The zero-order valence-corrected chi connectivity index (χ0v) is 10.2. The number of carbonyl (C=O) groups is 1. The highest BCUT2D eigenvalue weighted by molar-refractivity contribution is 5.67. The third kappa shape index (κ3) is 9.53. The Morgan fingerprint density at radius 1 is 1.40 bits per heavy atom. The number of ether oxygens (including phenoxy) is 1. The Labute approximate surface area is 92.0 Å². The fourth-order valence-electron chi connectivity index (χ4n) is 1.13. The highest BCUT2D eigenvalue weighted by atomic mass is 16.6.